The Morgan fingerprint density at radius 2 is 2.16 bits per heavy atom. The number of aromatic nitrogens is 2. The highest BCUT2D eigenvalue weighted by atomic mass is 16.6. The molecule has 1 unspecified atom stereocenters. The molecular formula is C17H21N5O3. The molecule has 1 amide bonds. The second-order valence-corrected chi connectivity index (χ2v) is 6.38. The van der Waals surface area contributed by atoms with Crippen molar-refractivity contribution in [2.45, 2.75) is 26.2 Å². The standard InChI is InChI=1S/C17H21N5O3/c1-11(12-3-4-12)17(23)19-8-2-7-18-16-14-9-13(22(24)25)5-6-15(14)20-10-21-16/h5-6,9-12H,2-4,7-8H2,1H3,(H,19,23)(H,18,20,21). The molecule has 3 rings (SSSR count). The summed E-state index contributed by atoms with van der Waals surface area (Å²) in [4.78, 5) is 30.7. The van der Waals surface area contributed by atoms with Gasteiger partial charge in [0, 0.05) is 36.5 Å². The third kappa shape index (κ3) is 4.20. The van der Waals surface area contributed by atoms with Crippen molar-refractivity contribution in [3.05, 3.63) is 34.6 Å². The minimum absolute atomic E-state index is 0.00618. The summed E-state index contributed by atoms with van der Waals surface area (Å²) in [5.74, 6) is 1.33. The summed E-state index contributed by atoms with van der Waals surface area (Å²) in [5, 5.41) is 17.7. The van der Waals surface area contributed by atoms with Gasteiger partial charge in [0.05, 0.1) is 10.4 Å². The maximum atomic E-state index is 11.9. The number of amides is 1. The van der Waals surface area contributed by atoms with E-state index in [4.69, 9.17) is 0 Å². The summed E-state index contributed by atoms with van der Waals surface area (Å²) in [6, 6.07) is 4.51. The number of carbonyl (C=O) groups excluding carboxylic acids is 1. The smallest absolute Gasteiger partial charge is 0.270 e. The molecular weight excluding hydrogens is 322 g/mol. The van der Waals surface area contributed by atoms with E-state index in [2.05, 4.69) is 20.6 Å². The number of carbonyl (C=O) groups is 1. The van der Waals surface area contributed by atoms with Crippen LogP contribution in [-0.4, -0.2) is 33.9 Å². The lowest BCUT2D eigenvalue weighted by Crippen LogP contribution is -2.31. The quantitative estimate of drug-likeness (QED) is 0.433. The van der Waals surface area contributed by atoms with Crippen LogP contribution in [0.1, 0.15) is 26.2 Å². The Kier molecular flexibility index (Phi) is 5.06. The minimum atomic E-state index is -0.438. The molecule has 1 atom stereocenters. The van der Waals surface area contributed by atoms with Crippen LogP contribution < -0.4 is 10.6 Å². The summed E-state index contributed by atoms with van der Waals surface area (Å²) >= 11 is 0. The second kappa shape index (κ2) is 7.42. The number of nitro benzene ring substituents is 1. The van der Waals surface area contributed by atoms with Crippen LogP contribution in [0, 0.1) is 22.0 Å². The Morgan fingerprint density at radius 3 is 2.88 bits per heavy atom. The van der Waals surface area contributed by atoms with Crippen LogP contribution >= 0.6 is 0 Å². The number of hydrogen-bond donors (Lipinski definition) is 2. The lowest BCUT2D eigenvalue weighted by atomic mass is 10.1. The van der Waals surface area contributed by atoms with Crippen LogP contribution in [-0.2, 0) is 4.79 Å². The number of nitrogens with zero attached hydrogens (tertiary/aromatic N) is 3. The highest BCUT2D eigenvalue weighted by Crippen LogP contribution is 2.36. The molecule has 0 saturated heterocycles. The molecule has 25 heavy (non-hydrogen) atoms. The molecule has 1 aromatic carbocycles. The third-order valence-corrected chi connectivity index (χ3v) is 4.52. The Morgan fingerprint density at radius 1 is 1.36 bits per heavy atom. The Hall–Kier alpha value is -2.77. The van der Waals surface area contributed by atoms with Crippen molar-refractivity contribution in [1.29, 1.82) is 0 Å². The van der Waals surface area contributed by atoms with E-state index in [0.717, 1.165) is 19.3 Å². The van der Waals surface area contributed by atoms with Crippen LogP contribution in [0.4, 0.5) is 11.5 Å². The lowest BCUT2D eigenvalue weighted by molar-refractivity contribution is -0.384. The first kappa shape index (κ1) is 17.1. The normalized spacial score (nSPS) is 14.9. The van der Waals surface area contributed by atoms with Gasteiger partial charge in [-0.15, -0.1) is 0 Å². The van der Waals surface area contributed by atoms with Gasteiger partial charge in [-0.05, 0) is 31.2 Å². The zero-order valence-electron chi connectivity index (χ0n) is 14.1. The monoisotopic (exact) mass is 343 g/mol. The molecule has 1 aliphatic rings. The second-order valence-electron chi connectivity index (χ2n) is 6.38. The highest BCUT2D eigenvalue weighted by molar-refractivity contribution is 5.90. The van der Waals surface area contributed by atoms with Crippen LogP contribution in [0.2, 0.25) is 0 Å². The average Bonchev–Trinajstić information content (AvgIpc) is 3.45. The first-order valence-corrected chi connectivity index (χ1v) is 8.47. The van der Waals surface area contributed by atoms with E-state index >= 15 is 0 Å². The summed E-state index contributed by atoms with van der Waals surface area (Å²) in [7, 11) is 0. The third-order valence-electron chi connectivity index (χ3n) is 4.52. The molecule has 1 aliphatic carbocycles. The first-order valence-electron chi connectivity index (χ1n) is 8.47. The van der Waals surface area contributed by atoms with Gasteiger partial charge in [0.1, 0.15) is 12.1 Å². The van der Waals surface area contributed by atoms with Crippen molar-refractivity contribution in [2.24, 2.45) is 11.8 Å². The molecule has 0 spiro atoms. The number of nitro groups is 1. The van der Waals surface area contributed by atoms with Crippen molar-refractivity contribution in [3.63, 3.8) is 0 Å². The summed E-state index contributed by atoms with van der Waals surface area (Å²) in [6.07, 6.45) is 4.48. The van der Waals surface area contributed by atoms with Crippen molar-refractivity contribution >= 4 is 28.3 Å². The zero-order valence-corrected chi connectivity index (χ0v) is 14.1. The van der Waals surface area contributed by atoms with Gasteiger partial charge in [-0.1, -0.05) is 6.92 Å². The van der Waals surface area contributed by atoms with E-state index in [1.54, 1.807) is 6.07 Å². The molecule has 2 aromatic rings. The number of fused-ring (bicyclic) bond motifs is 1. The highest BCUT2D eigenvalue weighted by Gasteiger charge is 2.32. The van der Waals surface area contributed by atoms with Crippen molar-refractivity contribution in [1.82, 2.24) is 15.3 Å². The molecule has 2 N–H and O–H groups in total. The van der Waals surface area contributed by atoms with E-state index in [0.29, 0.717) is 35.7 Å². The van der Waals surface area contributed by atoms with Gasteiger partial charge in [-0.3, -0.25) is 14.9 Å². The summed E-state index contributed by atoms with van der Waals surface area (Å²) < 4.78 is 0. The Balaban J connectivity index is 1.53. The van der Waals surface area contributed by atoms with Crippen molar-refractivity contribution in [3.8, 4) is 0 Å². The Bertz CT molecular complexity index is 791. The van der Waals surface area contributed by atoms with Gasteiger partial charge < -0.3 is 10.6 Å². The minimum Gasteiger partial charge on any atom is -0.369 e. The number of non-ortho nitro benzene ring substituents is 1. The molecule has 132 valence electrons. The van der Waals surface area contributed by atoms with E-state index in [1.165, 1.54) is 18.5 Å². The predicted molar refractivity (Wildman–Crippen MR) is 94.2 cm³/mol. The molecule has 1 heterocycles. The molecule has 0 radical (unpaired) electrons. The maximum absolute atomic E-state index is 11.9. The van der Waals surface area contributed by atoms with Crippen LogP contribution in [0.25, 0.3) is 10.9 Å². The molecule has 8 heteroatoms. The van der Waals surface area contributed by atoms with Gasteiger partial charge in [0.15, 0.2) is 0 Å². The fourth-order valence-electron chi connectivity index (χ4n) is 2.78. The first-order chi connectivity index (χ1) is 12.1. The van der Waals surface area contributed by atoms with Crippen LogP contribution in [0.3, 0.4) is 0 Å². The van der Waals surface area contributed by atoms with E-state index in [9.17, 15) is 14.9 Å². The topological polar surface area (TPSA) is 110 Å². The van der Waals surface area contributed by atoms with Gasteiger partial charge in [0.2, 0.25) is 5.91 Å². The predicted octanol–water partition coefficient (Wildman–Crippen LogP) is 2.50. The summed E-state index contributed by atoms with van der Waals surface area (Å²) in [6.45, 7) is 3.17. The average molecular weight is 343 g/mol. The zero-order chi connectivity index (χ0) is 17.8. The van der Waals surface area contributed by atoms with Gasteiger partial charge in [-0.25, -0.2) is 9.97 Å². The van der Waals surface area contributed by atoms with Crippen LogP contribution in [0.5, 0.6) is 0 Å². The number of benzene rings is 1. The lowest BCUT2D eigenvalue weighted by Gasteiger charge is -2.12. The molecule has 1 saturated carbocycles. The number of rotatable bonds is 8. The van der Waals surface area contributed by atoms with Crippen LogP contribution in [0.15, 0.2) is 24.5 Å². The molecule has 1 aromatic heterocycles. The molecule has 0 aliphatic heterocycles. The van der Waals surface area contributed by atoms with E-state index in [-0.39, 0.29) is 17.5 Å². The van der Waals surface area contributed by atoms with Gasteiger partial charge in [-0.2, -0.15) is 0 Å². The van der Waals surface area contributed by atoms with Gasteiger partial charge >= 0.3 is 0 Å². The summed E-state index contributed by atoms with van der Waals surface area (Å²) in [5.41, 5.74) is 0.654. The van der Waals surface area contributed by atoms with E-state index < -0.39 is 4.92 Å². The van der Waals surface area contributed by atoms with E-state index in [1.807, 2.05) is 6.92 Å². The fraction of sp³-hybridized carbons (Fsp3) is 0.471. The molecule has 0 bridgehead atoms. The van der Waals surface area contributed by atoms with Crippen molar-refractivity contribution < 1.29 is 9.72 Å². The Labute approximate surface area is 145 Å². The number of anilines is 1. The molecule has 1 fully saturated rings. The van der Waals surface area contributed by atoms with Gasteiger partial charge in [0.25, 0.3) is 5.69 Å². The largest absolute Gasteiger partial charge is 0.369 e. The maximum Gasteiger partial charge on any atom is 0.270 e. The fourth-order valence-corrected chi connectivity index (χ4v) is 2.78. The van der Waals surface area contributed by atoms with Crippen molar-refractivity contribution in [2.75, 3.05) is 18.4 Å². The molecule has 8 nitrogen and oxygen atoms in total. The number of hydrogen-bond acceptors (Lipinski definition) is 6. The number of nitrogens with one attached hydrogen (secondary N) is 2. The SMILES string of the molecule is CC(C(=O)NCCCNc1ncnc2ccc([N+](=O)[O-])cc12)C1CC1.